The minimum absolute atomic E-state index is 0.151. The molecule has 1 radical (unpaired) electrons. The summed E-state index contributed by atoms with van der Waals surface area (Å²) in [4.78, 5) is 0. The quantitative estimate of drug-likeness (QED) is 0.813. The van der Waals surface area contributed by atoms with E-state index in [9.17, 15) is 4.39 Å². The van der Waals surface area contributed by atoms with Gasteiger partial charge in [0.25, 0.3) is 0 Å². The minimum Gasteiger partial charge on any atom is -0.336 e. The van der Waals surface area contributed by atoms with Gasteiger partial charge in [-0.15, -0.1) is 0 Å². The molecular weight excluding hydrogens is 235 g/mol. The normalized spacial score (nSPS) is 21.8. The average Bonchev–Trinajstić information content (AvgIpc) is 2.87. The first-order valence-electron chi connectivity index (χ1n) is 5.72. The lowest BCUT2D eigenvalue weighted by molar-refractivity contribution is 0.616. The SMILES string of the molecule is Fc1ccc2c(c1)C(CC1=CNC(=S)[N]1)CC2. The maximum absolute atomic E-state index is 13.2. The molecule has 1 atom stereocenters. The molecule has 1 aliphatic heterocycles. The Bertz CT molecular complexity index is 510. The molecule has 1 unspecified atom stereocenters. The molecule has 1 aromatic carbocycles. The summed E-state index contributed by atoms with van der Waals surface area (Å²) in [5.74, 6) is 0.222. The van der Waals surface area contributed by atoms with Crippen LogP contribution in [0.15, 0.2) is 30.1 Å². The fraction of sp³-hybridized carbons (Fsp3) is 0.308. The van der Waals surface area contributed by atoms with Crippen molar-refractivity contribution in [1.29, 1.82) is 0 Å². The van der Waals surface area contributed by atoms with E-state index in [4.69, 9.17) is 12.2 Å². The summed E-state index contributed by atoms with van der Waals surface area (Å²) in [6.07, 6.45) is 4.78. The van der Waals surface area contributed by atoms with E-state index in [0.717, 1.165) is 30.5 Å². The molecule has 0 saturated carbocycles. The zero-order valence-corrected chi connectivity index (χ0v) is 10.1. The number of nitrogens with zero attached hydrogens (tertiary/aromatic N) is 1. The molecule has 87 valence electrons. The first-order valence-corrected chi connectivity index (χ1v) is 6.13. The van der Waals surface area contributed by atoms with Crippen molar-refractivity contribution in [1.82, 2.24) is 10.6 Å². The van der Waals surface area contributed by atoms with Crippen molar-refractivity contribution in [2.75, 3.05) is 0 Å². The highest BCUT2D eigenvalue weighted by molar-refractivity contribution is 7.80. The molecule has 4 heteroatoms. The van der Waals surface area contributed by atoms with Gasteiger partial charge in [0.05, 0.1) is 5.70 Å². The minimum atomic E-state index is -0.151. The average molecular weight is 247 g/mol. The highest BCUT2D eigenvalue weighted by Gasteiger charge is 2.25. The molecular formula is C13H12FN2S. The molecule has 1 aromatic rings. The molecule has 1 N–H and O–H groups in total. The first kappa shape index (κ1) is 10.7. The second-order valence-corrected chi connectivity index (χ2v) is 4.87. The van der Waals surface area contributed by atoms with Gasteiger partial charge in [0.1, 0.15) is 5.82 Å². The number of thiocarbonyl (C=S) groups is 1. The summed E-state index contributed by atoms with van der Waals surface area (Å²) in [5, 5.41) is 7.67. The Morgan fingerprint density at radius 2 is 2.35 bits per heavy atom. The second kappa shape index (κ2) is 4.11. The van der Waals surface area contributed by atoms with Crippen LogP contribution in [0.3, 0.4) is 0 Å². The summed E-state index contributed by atoms with van der Waals surface area (Å²) in [6, 6.07) is 5.10. The smallest absolute Gasteiger partial charge is 0.197 e. The standard InChI is InChI=1S/C13H12FN2S/c14-10-4-3-8-1-2-9(12(8)6-10)5-11-7-15-13(17)16-11/h3-4,6-7,9H,1-2,5H2,(H,15,17). The summed E-state index contributed by atoms with van der Waals surface area (Å²) in [5.41, 5.74) is 3.38. The number of hydrogen-bond donors (Lipinski definition) is 1. The highest BCUT2D eigenvalue weighted by atomic mass is 32.1. The molecule has 0 aromatic heterocycles. The maximum atomic E-state index is 13.2. The Morgan fingerprint density at radius 3 is 3.12 bits per heavy atom. The van der Waals surface area contributed by atoms with E-state index in [2.05, 4.69) is 10.6 Å². The van der Waals surface area contributed by atoms with Crippen LogP contribution in [0, 0.1) is 5.82 Å². The number of rotatable bonds is 2. The van der Waals surface area contributed by atoms with Gasteiger partial charge in [0.2, 0.25) is 0 Å². The van der Waals surface area contributed by atoms with Crippen LogP contribution in [-0.2, 0) is 6.42 Å². The number of nitrogens with one attached hydrogen (secondary N) is 1. The van der Waals surface area contributed by atoms with Gasteiger partial charge in [-0.2, -0.15) is 0 Å². The summed E-state index contributed by atoms with van der Waals surface area (Å²) in [7, 11) is 0. The van der Waals surface area contributed by atoms with Crippen LogP contribution in [0.4, 0.5) is 4.39 Å². The van der Waals surface area contributed by atoms with Gasteiger partial charge in [0.15, 0.2) is 5.11 Å². The van der Waals surface area contributed by atoms with E-state index in [0.29, 0.717) is 11.0 Å². The molecule has 0 saturated heterocycles. The Labute approximate surface area is 105 Å². The molecule has 1 aliphatic carbocycles. The molecule has 17 heavy (non-hydrogen) atoms. The fourth-order valence-corrected chi connectivity index (χ4v) is 2.74. The van der Waals surface area contributed by atoms with Crippen LogP contribution in [0.5, 0.6) is 0 Å². The number of halogens is 1. The number of benzene rings is 1. The Kier molecular flexibility index (Phi) is 2.59. The second-order valence-electron chi connectivity index (χ2n) is 4.48. The van der Waals surface area contributed by atoms with Crippen molar-refractivity contribution in [2.45, 2.75) is 25.2 Å². The van der Waals surface area contributed by atoms with Crippen molar-refractivity contribution < 1.29 is 4.39 Å². The van der Waals surface area contributed by atoms with E-state index in [1.165, 1.54) is 11.6 Å². The fourth-order valence-electron chi connectivity index (χ4n) is 2.57. The van der Waals surface area contributed by atoms with Gasteiger partial charge < -0.3 is 5.32 Å². The predicted octanol–water partition coefficient (Wildman–Crippen LogP) is 2.58. The number of hydrogen-bond acceptors (Lipinski definition) is 1. The van der Waals surface area contributed by atoms with E-state index >= 15 is 0 Å². The van der Waals surface area contributed by atoms with E-state index in [1.807, 2.05) is 12.3 Å². The van der Waals surface area contributed by atoms with Crippen molar-refractivity contribution in [3.8, 4) is 0 Å². The largest absolute Gasteiger partial charge is 0.336 e. The zero-order valence-electron chi connectivity index (χ0n) is 9.24. The van der Waals surface area contributed by atoms with Gasteiger partial charge in [-0.05, 0) is 60.7 Å². The lowest BCUT2D eigenvalue weighted by Crippen LogP contribution is -2.16. The van der Waals surface area contributed by atoms with Gasteiger partial charge in [-0.3, -0.25) is 0 Å². The molecule has 0 amide bonds. The van der Waals surface area contributed by atoms with Crippen LogP contribution >= 0.6 is 12.2 Å². The number of fused-ring (bicyclic) bond motifs is 1. The van der Waals surface area contributed by atoms with Gasteiger partial charge in [-0.25, -0.2) is 9.71 Å². The van der Waals surface area contributed by atoms with Crippen molar-refractivity contribution in [2.24, 2.45) is 0 Å². The van der Waals surface area contributed by atoms with Crippen LogP contribution in [0.25, 0.3) is 0 Å². The van der Waals surface area contributed by atoms with E-state index in [-0.39, 0.29) is 5.82 Å². The summed E-state index contributed by atoms with van der Waals surface area (Å²) < 4.78 is 13.2. The van der Waals surface area contributed by atoms with E-state index < -0.39 is 0 Å². The highest BCUT2D eigenvalue weighted by Crippen LogP contribution is 2.37. The predicted molar refractivity (Wildman–Crippen MR) is 68.0 cm³/mol. The Hall–Kier alpha value is -1.42. The molecule has 0 bridgehead atoms. The molecule has 0 fully saturated rings. The van der Waals surface area contributed by atoms with Crippen LogP contribution in [0.1, 0.15) is 29.9 Å². The van der Waals surface area contributed by atoms with Crippen molar-refractivity contribution >= 4 is 17.3 Å². The van der Waals surface area contributed by atoms with E-state index in [1.54, 1.807) is 6.07 Å². The first-order chi connectivity index (χ1) is 8.22. The summed E-state index contributed by atoms with van der Waals surface area (Å²) >= 11 is 4.95. The lowest BCUT2D eigenvalue weighted by Gasteiger charge is -2.11. The van der Waals surface area contributed by atoms with Gasteiger partial charge in [0, 0.05) is 6.20 Å². The van der Waals surface area contributed by atoms with Crippen LogP contribution in [-0.4, -0.2) is 5.11 Å². The zero-order chi connectivity index (χ0) is 11.8. The monoisotopic (exact) mass is 247 g/mol. The van der Waals surface area contributed by atoms with Crippen LogP contribution < -0.4 is 10.6 Å². The maximum Gasteiger partial charge on any atom is 0.197 e. The molecule has 3 rings (SSSR count). The topological polar surface area (TPSA) is 26.1 Å². The summed E-state index contributed by atoms with van der Waals surface area (Å²) in [6.45, 7) is 0. The van der Waals surface area contributed by atoms with Gasteiger partial charge in [-0.1, -0.05) is 6.07 Å². The Balaban J connectivity index is 1.79. The van der Waals surface area contributed by atoms with Crippen LogP contribution in [0.2, 0.25) is 0 Å². The van der Waals surface area contributed by atoms with Gasteiger partial charge >= 0.3 is 0 Å². The third-order valence-electron chi connectivity index (χ3n) is 3.37. The molecule has 2 aliphatic rings. The molecule has 1 heterocycles. The third kappa shape index (κ3) is 2.05. The van der Waals surface area contributed by atoms with Crippen molar-refractivity contribution in [3.63, 3.8) is 0 Å². The number of allylic oxidation sites excluding steroid dienone is 1. The Morgan fingerprint density at radius 1 is 1.47 bits per heavy atom. The van der Waals surface area contributed by atoms with Crippen molar-refractivity contribution in [3.05, 3.63) is 47.0 Å². The molecule has 0 spiro atoms. The number of aryl methyl sites for hydroxylation is 1. The molecule has 2 nitrogen and oxygen atoms in total. The third-order valence-corrected chi connectivity index (χ3v) is 3.58. The lowest BCUT2D eigenvalue weighted by atomic mass is 9.96.